The van der Waals surface area contributed by atoms with Crippen LogP contribution in [-0.2, 0) is 11.5 Å². The smallest absolute Gasteiger partial charge is 0.140 e. The van der Waals surface area contributed by atoms with Crippen LogP contribution in [-0.4, -0.2) is 15.4 Å². The largest absolute Gasteiger partial charge is 0.354 e. The molecule has 1 aromatic heterocycles. The third kappa shape index (κ3) is 2.82. The van der Waals surface area contributed by atoms with Gasteiger partial charge in [-0.2, -0.15) is 5.10 Å². The highest BCUT2D eigenvalue weighted by Crippen LogP contribution is 2.20. The first-order valence-electron chi connectivity index (χ1n) is 4.65. The maximum Gasteiger partial charge on any atom is 0.140 e. The van der Waals surface area contributed by atoms with E-state index < -0.39 is 0 Å². The molecule has 0 saturated heterocycles. The average Bonchev–Trinajstić information content (AvgIpc) is 2.28. The van der Waals surface area contributed by atoms with E-state index >= 15 is 0 Å². The maximum absolute atomic E-state index is 5.64. The minimum Gasteiger partial charge on any atom is -0.354 e. The summed E-state index contributed by atoms with van der Waals surface area (Å²) in [6, 6.07) is 0. The van der Waals surface area contributed by atoms with Gasteiger partial charge in [-0.1, -0.05) is 0 Å². The minimum absolute atomic E-state index is 0.126. The van der Waals surface area contributed by atoms with Crippen molar-refractivity contribution in [3.05, 3.63) is 15.9 Å². The van der Waals surface area contributed by atoms with Crippen LogP contribution in [0.1, 0.15) is 32.2 Å². The van der Waals surface area contributed by atoms with Crippen LogP contribution in [0.15, 0.2) is 4.47 Å². The van der Waals surface area contributed by atoms with Crippen LogP contribution in [0.3, 0.4) is 0 Å². The van der Waals surface area contributed by atoms with Gasteiger partial charge >= 0.3 is 0 Å². The third-order valence-corrected chi connectivity index (χ3v) is 3.06. The van der Waals surface area contributed by atoms with Crippen LogP contribution in [0.2, 0.25) is 0 Å². The van der Waals surface area contributed by atoms with Gasteiger partial charge in [0.1, 0.15) is 6.73 Å². The second-order valence-corrected chi connectivity index (χ2v) is 5.16. The van der Waals surface area contributed by atoms with E-state index in [0.29, 0.717) is 6.73 Å². The Morgan fingerprint density at radius 3 is 2.29 bits per heavy atom. The molecule has 0 bridgehead atoms. The monoisotopic (exact) mass is 260 g/mol. The molecule has 0 atom stereocenters. The normalized spacial score (nSPS) is 12.1. The van der Waals surface area contributed by atoms with Crippen LogP contribution >= 0.6 is 15.9 Å². The Bertz CT molecular complexity index is 326. The van der Waals surface area contributed by atoms with E-state index in [4.69, 9.17) is 4.74 Å². The minimum atomic E-state index is -0.126. The second kappa shape index (κ2) is 4.03. The zero-order valence-corrected chi connectivity index (χ0v) is 11.0. The maximum atomic E-state index is 5.64. The van der Waals surface area contributed by atoms with Gasteiger partial charge in [0.15, 0.2) is 0 Å². The molecule has 0 fully saturated rings. The van der Waals surface area contributed by atoms with Crippen molar-refractivity contribution >= 4 is 15.9 Å². The highest BCUT2D eigenvalue weighted by Gasteiger charge is 2.13. The first-order chi connectivity index (χ1) is 6.31. The van der Waals surface area contributed by atoms with Gasteiger partial charge in [0.05, 0.1) is 21.5 Å². The van der Waals surface area contributed by atoms with Gasteiger partial charge in [-0.05, 0) is 50.5 Å². The van der Waals surface area contributed by atoms with Crippen molar-refractivity contribution in [3.63, 3.8) is 0 Å². The highest BCUT2D eigenvalue weighted by atomic mass is 79.9. The summed E-state index contributed by atoms with van der Waals surface area (Å²) in [6.45, 7) is 10.6. The Kier molecular flexibility index (Phi) is 3.37. The Morgan fingerprint density at radius 2 is 1.93 bits per heavy atom. The van der Waals surface area contributed by atoms with Gasteiger partial charge in [-0.15, -0.1) is 0 Å². The van der Waals surface area contributed by atoms with Crippen molar-refractivity contribution in [1.82, 2.24) is 9.78 Å². The van der Waals surface area contributed by atoms with Gasteiger partial charge < -0.3 is 4.74 Å². The summed E-state index contributed by atoms with van der Waals surface area (Å²) >= 11 is 3.48. The quantitative estimate of drug-likeness (QED) is 0.818. The Labute approximate surface area is 93.6 Å². The number of hydrogen-bond acceptors (Lipinski definition) is 2. The number of nitrogens with zero attached hydrogens (tertiary/aromatic N) is 2. The first-order valence-corrected chi connectivity index (χ1v) is 5.44. The predicted octanol–water partition coefficient (Wildman–Crippen LogP) is 3.04. The van der Waals surface area contributed by atoms with Crippen molar-refractivity contribution < 1.29 is 4.74 Å². The number of aromatic nitrogens is 2. The molecule has 0 amide bonds. The van der Waals surface area contributed by atoms with Crippen molar-refractivity contribution in [2.24, 2.45) is 0 Å². The Morgan fingerprint density at radius 1 is 1.36 bits per heavy atom. The fourth-order valence-corrected chi connectivity index (χ4v) is 1.34. The molecule has 0 aliphatic carbocycles. The van der Waals surface area contributed by atoms with Gasteiger partial charge in [0.2, 0.25) is 0 Å². The molecule has 0 unspecified atom stereocenters. The van der Waals surface area contributed by atoms with Crippen molar-refractivity contribution in [3.8, 4) is 0 Å². The zero-order chi connectivity index (χ0) is 10.9. The molecular weight excluding hydrogens is 244 g/mol. The van der Waals surface area contributed by atoms with E-state index in [0.717, 1.165) is 15.9 Å². The lowest BCUT2D eigenvalue weighted by Gasteiger charge is -2.19. The second-order valence-electron chi connectivity index (χ2n) is 4.37. The fourth-order valence-electron chi connectivity index (χ4n) is 1.06. The van der Waals surface area contributed by atoms with E-state index in [1.807, 2.05) is 39.3 Å². The number of hydrogen-bond donors (Lipinski definition) is 0. The van der Waals surface area contributed by atoms with Crippen molar-refractivity contribution in [1.29, 1.82) is 0 Å². The van der Waals surface area contributed by atoms with Gasteiger partial charge in [0, 0.05) is 0 Å². The van der Waals surface area contributed by atoms with E-state index in [9.17, 15) is 0 Å². The van der Waals surface area contributed by atoms with Crippen LogP contribution in [0.4, 0.5) is 0 Å². The molecule has 3 nitrogen and oxygen atoms in total. The van der Waals surface area contributed by atoms with Crippen LogP contribution in [0, 0.1) is 13.8 Å². The lowest BCUT2D eigenvalue weighted by molar-refractivity contribution is -0.0487. The summed E-state index contributed by atoms with van der Waals surface area (Å²) in [7, 11) is 0. The molecule has 0 aromatic carbocycles. The molecule has 14 heavy (non-hydrogen) atoms. The number of ether oxygens (including phenoxy) is 1. The van der Waals surface area contributed by atoms with E-state index in [1.54, 1.807) is 0 Å². The summed E-state index contributed by atoms with van der Waals surface area (Å²) in [5.41, 5.74) is 1.98. The molecule has 0 saturated carbocycles. The molecular formula is C10H17BrN2O. The van der Waals surface area contributed by atoms with Crippen LogP contribution in [0.25, 0.3) is 0 Å². The highest BCUT2D eigenvalue weighted by molar-refractivity contribution is 9.10. The number of rotatable bonds is 2. The van der Waals surface area contributed by atoms with Crippen molar-refractivity contribution in [2.45, 2.75) is 47.0 Å². The van der Waals surface area contributed by atoms with Crippen LogP contribution in [0.5, 0.6) is 0 Å². The van der Waals surface area contributed by atoms with Crippen LogP contribution < -0.4 is 0 Å². The molecule has 0 N–H and O–H groups in total. The third-order valence-electron chi connectivity index (χ3n) is 1.91. The average molecular weight is 261 g/mol. The molecule has 1 rings (SSSR count). The fraction of sp³-hybridized carbons (Fsp3) is 0.700. The first kappa shape index (κ1) is 11.7. The molecule has 80 valence electrons. The molecule has 1 aromatic rings. The zero-order valence-electron chi connectivity index (χ0n) is 9.39. The number of halogens is 1. The molecule has 0 aliphatic rings. The summed E-state index contributed by atoms with van der Waals surface area (Å²) in [6.07, 6.45) is 0. The molecule has 0 spiro atoms. The molecule has 4 heteroatoms. The van der Waals surface area contributed by atoms with E-state index in [-0.39, 0.29) is 5.60 Å². The Balaban J connectivity index is 2.73. The Hall–Kier alpha value is -0.350. The molecule has 0 aliphatic heterocycles. The summed E-state index contributed by atoms with van der Waals surface area (Å²) in [5.74, 6) is 0. The van der Waals surface area contributed by atoms with E-state index in [1.165, 1.54) is 0 Å². The predicted molar refractivity (Wildman–Crippen MR) is 60.2 cm³/mol. The lowest BCUT2D eigenvalue weighted by Crippen LogP contribution is -2.22. The van der Waals surface area contributed by atoms with Gasteiger partial charge in [-0.25, -0.2) is 4.68 Å². The SMILES string of the molecule is Cc1nn(COC(C)(C)C)c(C)c1Br. The van der Waals surface area contributed by atoms with Gasteiger partial charge in [-0.3, -0.25) is 0 Å². The topological polar surface area (TPSA) is 27.1 Å². The molecule has 0 radical (unpaired) electrons. The lowest BCUT2D eigenvalue weighted by atomic mass is 10.2. The summed E-state index contributed by atoms with van der Waals surface area (Å²) in [5, 5.41) is 4.36. The van der Waals surface area contributed by atoms with Crippen molar-refractivity contribution in [2.75, 3.05) is 0 Å². The summed E-state index contributed by atoms with van der Waals surface area (Å²) < 4.78 is 8.57. The summed E-state index contributed by atoms with van der Waals surface area (Å²) in [4.78, 5) is 0. The standard InChI is InChI=1S/C10H17BrN2O/c1-7-9(11)8(2)13(12-7)6-14-10(3,4)5/h6H2,1-5H3. The molecule has 1 heterocycles. The van der Waals surface area contributed by atoms with Gasteiger partial charge in [0.25, 0.3) is 0 Å². The van der Waals surface area contributed by atoms with E-state index in [2.05, 4.69) is 21.0 Å². The number of aryl methyl sites for hydroxylation is 1.